The number of carbonyl (C=O) groups excluding carboxylic acids is 2. The number of furan rings is 1. The van der Waals surface area contributed by atoms with E-state index in [9.17, 15) is 18.0 Å². The van der Waals surface area contributed by atoms with Crippen LogP contribution in [0.2, 0.25) is 0 Å². The summed E-state index contributed by atoms with van der Waals surface area (Å²) >= 11 is 0. The lowest BCUT2D eigenvalue weighted by Gasteiger charge is -2.18. The largest absolute Gasteiger partial charge is 0.486 e. The fourth-order valence-corrected chi connectivity index (χ4v) is 4.67. The Morgan fingerprint density at radius 3 is 2.61 bits per heavy atom. The van der Waals surface area contributed by atoms with Gasteiger partial charge in [-0.1, -0.05) is 18.2 Å². The first-order valence-corrected chi connectivity index (χ1v) is 12.1. The maximum absolute atomic E-state index is 12.5. The van der Waals surface area contributed by atoms with Crippen molar-refractivity contribution in [3.8, 4) is 5.75 Å². The Labute approximate surface area is 191 Å². The van der Waals surface area contributed by atoms with Crippen LogP contribution in [0.5, 0.6) is 5.75 Å². The Morgan fingerprint density at radius 1 is 1.06 bits per heavy atom. The van der Waals surface area contributed by atoms with E-state index in [1.54, 1.807) is 31.2 Å². The molecule has 0 saturated carbocycles. The quantitative estimate of drug-likeness (QED) is 0.348. The number of esters is 1. The van der Waals surface area contributed by atoms with Crippen LogP contribution in [0.3, 0.4) is 0 Å². The number of Topliss-reactive ketones (excluding diaryl/α,β-unsaturated/α-hetero) is 1. The minimum Gasteiger partial charge on any atom is -0.486 e. The Balaban J connectivity index is 1.33. The lowest BCUT2D eigenvalue weighted by atomic mass is 10.1. The number of anilines is 1. The van der Waals surface area contributed by atoms with Crippen LogP contribution < -0.4 is 9.04 Å². The normalized spacial score (nSPS) is 12.9. The van der Waals surface area contributed by atoms with Gasteiger partial charge >= 0.3 is 5.97 Å². The molecule has 0 aliphatic carbocycles. The lowest BCUT2D eigenvalue weighted by molar-refractivity contribution is 0.0440. The molecule has 1 aliphatic rings. The van der Waals surface area contributed by atoms with E-state index in [2.05, 4.69) is 0 Å². The van der Waals surface area contributed by atoms with E-state index >= 15 is 0 Å². The summed E-state index contributed by atoms with van der Waals surface area (Å²) in [4.78, 5) is 24.8. The number of hydrogen-bond acceptors (Lipinski definition) is 7. The molecule has 8 nitrogen and oxygen atoms in total. The van der Waals surface area contributed by atoms with E-state index in [-0.39, 0.29) is 23.9 Å². The third-order valence-corrected chi connectivity index (χ3v) is 7.06. The van der Waals surface area contributed by atoms with Gasteiger partial charge in [0, 0.05) is 12.1 Å². The standard InChI is InChI=1S/C24H23NO7S/c1-2-33(28,29)25-13-12-17-14-18(8-10-21(17)25)22(26)16-31-24(27)23-11-9-20(32-23)15-30-19-6-4-3-5-7-19/h3-11,14H,2,12-13,15-16H2,1H3. The number of nitrogens with zero attached hydrogens (tertiary/aromatic N) is 1. The van der Waals surface area contributed by atoms with E-state index in [0.717, 1.165) is 5.56 Å². The van der Waals surface area contributed by atoms with Gasteiger partial charge in [0.25, 0.3) is 0 Å². The van der Waals surface area contributed by atoms with Crippen molar-refractivity contribution in [3.05, 3.63) is 83.3 Å². The minimum atomic E-state index is -3.35. The zero-order valence-electron chi connectivity index (χ0n) is 18.0. The van der Waals surface area contributed by atoms with E-state index < -0.39 is 22.6 Å². The number of rotatable bonds is 9. The van der Waals surface area contributed by atoms with Crippen molar-refractivity contribution in [1.82, 2.24) is 0 Å². The molecule has 172 valence electrons. The Bertz CT molecular complexity index is 1260. The van der Waals surface area contributed by atoms with Gasteiger partial charge in [-0.3, -0.25) is 9.10 Å². The Kier molecular flexibility index (Phi) is 6.50. The number of para-hydroxylation sites is 1. The molecule has 2 heterocycles. The van der Waals surface area contributed by atoms with E-state index in [1.807, 2.05) is 30.3 Å². The first-order valence-electron chi connectivity index (χ1n) is 10.5. The smallest absolute Gasteiger partial charge is 0.374 e. The highest BCUT2D eigenvalue weighted by atomic mass is 32.2. The SMILES string of the molecule is CCS(=O)(=O)N1CCc2cc(C(=O)COC(=O)c3ccc(COc4ccccc4)o3)ccc21. The summed E-state index contributed by atoms with van der Waals surface area (Å²) in [6.07, 6.45) is 0.524. The second kappa shape index (κ2) is 9.50. The summed E-state index contributed by atoms with van der Waals surface area (Å²) in [5.41, 5.74) is 1.72. The fourth-order valence-electron chi connectivity index (χ4n) is 3.51. The predicted molar refractivity (Wildman–Crippen MR) is 121 cm³/mol. The highest BCUT2D eigenvalue weighted by molar-refractivity contribution is 7.92. The second-order valence-corrected chi connectivity index (χ2v) is 9.62. The van der Waals surface area contributed by atoms with Gasteiger partial charge in [0.1, 0.15) is 18.1 Å². The van der Waals surface area contributed by atoms with Crippen molar-refractivity contribution in [3.63, 3.8) is 0 Å². The molecule has 0 bridgehead atoms. The number of fused-ring (bicyclic) bond motifs is 1. The Morgan fingerprint density at radius 2 is 1.85 bits per heavy atom. The van der Waals surface area contributed by atoms with Crippen LogP contribution in [0.4, 0.5) is 5.69 Å². The molecule has 1 aliphatic heterocycles. The summed E-state index contributed by atoms with van der Waals surface area (Å²) in [5.74, 6) is -0.0342. The van der Waals surface area contributed by atoms with Crippen LogP contribution in [0.25, 0.3) is 0 Å². The van der Waals surface area contributed by atoms with Crippen molar-refractivity contribution in [2.24, 2.45) is 0 Å². The average Bonchev–Trinajstić information content (AvgIpc) is 3.49. The van der Waals surface area contributed by atoms with Crippen molar-refractivity contribution < 1.29 is 31.9 Å². The summed E-state index contributed by atoms with van der Waals surface area (Å²) < 4.78 is 41.9. The van der Waals surface area contributed by atoms with Gasteiger partial charge in [0.05, 0.1) is 11.4 Å². The summed E-state index contributed by atoms with van der Waals surface area (Å²) in [6.45, 7) is 1.64. The van der Waals surface area contributed by atoms with Crippen LogP contribution in [0, 0.1) is 0 Å². The van der Waals surface area contributed by atoms with E-state index in [1.165, 1.54) is 10.4 Å². The zero-order valence-corrected chi connectivity index (χ0v) is 18.8. The molecule has 9 heteroatoms. The molecular weight excluding hydrogens is 446 g/mol. The topological polar surface area (TPSA) is 103 Å². The molecule has 0 unspecified atom stereocenters. The van der Waals surface area contributed by atoms with Crippen molar-refractivity contribution in [1.29, 1.82) is 0 Å². The molecule has 0 fully saturated rings. The number of ketones is 1. The molecule has 4 rings (SSSR count). The molecule has 1 aromatic heterocycles. The number of sulfonamides is 1. The molecule has 0 saturated heterocycles. The second-order valence-electron chi connectivity index (χ2n) is 7.43. The lowest BCUT2D eigenvalue weighted by Crippen LogP contribution is -2.30. The third kappa shape index (κ3) is 5.09. The molecule has 0 amide bonds. The molecule has 3 aromatic rings. The predicted octanol–water partition coefficient (Wildman–Crippen LogP) is 3.61. The van der Waals surface area contributed by atoms with Gasteiger partial charge in [-0.25, -0.2) is 13.2 Å². The molecule has 33 heavy (non-hydrogen) atoms. The number of hydrogen-bond donors (Lipinski definition) is 0. The maximum Gasteiger partial charge on any atom is 0.374 e. The van der Waals surface area contributed by atoms with Crippen molar-refractivity contribution >= 4 is 27.5 Å². The van der Waals surface area contributed by atoms with Crippen LogP contribution in [-0.4, -0.2) is 39.1 Å². The summed E-state index contributed by atoms with van der Waals surface area (Å²) in [6, 6.07) is 17.1. The Hall–Kier alpha value is -3.59. The third-order valence-electron chi connectivity index (χ3n) is 5.28. The van der Waals surface area contributed by atoms with Crippen LogP contribution >= 0.6 is 0 Å². The van der Waals surface area contributed by atoms with Gasteiger partial charge in [0.15, 0.2) is 12.4 Å². The minimum absolute atomic E-state index is 0.00987. The first kappa shape index (κ1) is 22.6. The van der Waals surface area contributed by atoms with E-state index in [0.29, 0.717) is 35.7 Å². The molecule has 0 atom stereocenters. The molecule has 2 aromatic carbocycles. The fraction of sp³-hybridized carbons (Fsp3) is 0.250. The summed E-state index contributed by atoms with van der Waals surface area (Å²) in [7, 11) is -3.35. The van der Waals surface area contributed by atoms with Crippen molar-refractivity contribution in [2.75, 3.05) is 23.2 Å². The van der Waals surface area contributed by atoms with Gasteiger partial charge in [-0.05, 0) is 61.4 Å². The number of ether oxygens (including phenoxy) is 2. The van der Waals surface area contributed by atoms with Gasteiger partial charge < -0.3 is 13.9 Å². The van der Waals surface area contributed by atoms with Gasteiger partial charge in [-0.15, -0.1) is 0 Å². The molecular formula is C24H23NO7S. The van der Waals surface area contributed by atoms with Crippen LogP contribution in [0.1, 0.15) is 39.2 Å². The number of benzene rings is 2. The zero-order chi connectivity index (χ0) is 23.4. The molecule has 0 radical (unpaired) electrons. The maximum atomic E-state index is 12.5. The van der Waals surface area contributed by atoms with Gasteiger partial charge in [-0.2, -0.15) is 0 Å². The van der Waals surface area contributed by atoms with Crippen molar-refractivity contribution in [2.45, 2.75) is 20.0 Å². The first-order chi connectivity index (χ1) is 15.9. The monoisotopic (exact) mass is 469 g/mol. The molecule has 0 spiro atoms. The summed E-state index contributed by atoms with van der Waals surface area (Å²) in [5, 5.41) is 0. The highest BCUT2D eigenvalue weighted by Crippen LogP contribution is 2.31. The van der Waals surface area contributed by atoms with Gasteiger partial charge in [0.2, 0.25) is 15.8 Å². The highest BCUT2D eigenvalue weighted by Gasteiger charge is 2.28. The van der Waals surface area contributed by atoms with Crippen LogP contribution in [0.15, 0.2) is 65.1 Å². The number of carbonyl (C=O) groups is 2. The average molecular weight is 470 g/mol. The van der Waals surface area contributed by atoms with Crippen LogP contribution in [-0.2, 0) is 27.8 Å². The van der Waals surface area contributed by atoms with E-state index in [4.69, 9.17) is 13.9 Å². The molecule has 0 N–H and O–H groups in total.